The number of benzene rings is 1. The van der Waals surface area contributed by atoms with E-state index in [1.807, 2.05) is 29.2 Å². The van der Waals surface area contributed by atoms with Crippen molar-refractivity contribution >= 4 is 16.9 Å². The summed E-state index contributed by atoms with van der Waals surface area (Å²) >= 11 is 0. The summed E-state index contributed by atoms with van der Waals surface area (Å²) in [7, 11) is 1.65. The van der Waals surface area contributed by atoms with Crippen molar-refractivity contribution in [3.63, 3.8) is 0 Å². The molecular weight excluding hydrogens is 316 g/mol. The molecule has 25 heavy (non-hydrogen) atoms. The summed E-state index contributed by atoms with van der Waals surface area (Å²) in [4.78, 5) is 17.8. The number of rotatable bonds is 5. The van der Waals surface area contributed by atoms with E-state index in [0.717, 1.165) is 55.6 Å². The van der Waals surface area contributed by atoms with Crippen LogP contribution in [-0.2, 0) is 11.3 Å². The molecule has 1 aromatic heterocycles. The Morgan fingerprint density at radius 3 is 2.80 bits per heavy atom. The summed E-state index contributed by atoms with van der Waals surface area (Å²) in [6, 6.07) is 8.11. The van der Waals surface area contributed by atoms with Crippen LogP contribution in [0.2, 0.25) is 0 Å². The Kier molecular flexibility index (Phi) is 4.77. The molecule has 2 fully saturated rings. The van der Waals surface area contributed by atoms with Gasteiger partial charge in [-0.2, -0.15) is 0 Å². The van der Waals surface area contributed by atoms with E-state index in [1.165, 1.54) is 12.8 Å². The van der Waals surface area contributed by atoms with Gasteiger partial charge in [-0.3, -0.25) is 4.79 Å². The SMILES string of the molecule is COCc1c(C(=O)N2CCC[C@@H]2CN2CCCC2)oc2ccccc12. The molecule has 0 spiro atoms. The molecule has 0 radical (unpaired) electrons. The van der Waals surface area contributed by atoms with Gasteiger partial charge in [0.2, 0.25) is 0 Å². The van der Waals surface area contributed by atoms with E-state index in [9.17, 15) is 4.79 Å². The molecule has 0 N–H and O–H groups in total. The molecule has 2 saturated heterocycles. The van der Waals surface area contributed by atoms with Crippen LogP contribution in [0.5, 0.6) is 0 Å². The minimum absolute atomic E-state index is 0.0185. The zero-order valence-corrected chi connectivity index (χ0v) is 14.9. The summed E-state index contributed by atoms with van der Waals surface area (Å²) in [5.74, 6) is 0.473. The van der Waals surface area contributed by atoms with Crippen LogP contribution in [0.15, 0.2) is 28.7 Å². The third-order valence-corrected chi connectivity index (χ3v) is 5.49. The monoisotopic (exact) mass is 342 g/mol. The fourth-order valence-corrected chi connectivity index (χ4v) is 4.25. The third-order valence-electron chi connectivity index (χ3n) is 5.49. The maximum Gasteiger partial charge on any atom is 0.290 e. The number of carbonyl (C=O) groups is 1. The molecule has 1 aromatic carbocycles. The second kappa shape index (κ2) is 7.18. The van der Waals surface area contributed by atoms with E-state index < -0.39 is 0 Å². The zero-order valence-electron chi connectivity index (χ0n) is 14.9. The van der Waals surface area contributed by atoms with Crippen LogP contribution in [0.3, 0.4) is 0 Å². The maximum atomic E-state index is 13.3. The van der Waals surface area contributed by atoms with Crippen molar-refractivity contribution in [2.75, 3.05) is 33.3 Å². The van der Waals surface area contributed by atoms with Crippen molar-refractivity contribution in [2.45, 2.75) is 38.3 Å². The number of fused-ring (bicyclic) bond motifs is 1. The Hall–Kier alpha value is -1.85. The van der Waals surface area contributed by atoms with Crippen molar-refractivity contribution in [1.82, 2.24) is 9.80 Å². The average Bonchev–Trinajstić information content (AvgIpc) is 3.36. The highest BCUT2D eigenvalue weighted by Gasteiger charge is 2.34. The van der Waals surface area contributed by atoms with E-state index in [-0.39, 0.29) is 5.91 Å². The van der Waals surface area contributed by atoms with E-state index in [1.54, 1.807) is 7.11 Å². The Labute approximate surface area is 148 Å². The molecule has 2 aliphatic rings. The van der Waals surface area contributed by atoms with Crippen molar-refractivity contribution in [2.24, 2.45) is 0 Å². The van der Waals surface area contributed by atoms with Gasteiger partial charge < -0.3 is 19.0 Å². The van der Waals surface area contributed by atoms with Crippen LogP contribution >= 0.6 is 0 Å². The number of likely N-dealkylation sites (tertiary alicyclic amines) is 2. The first-order valence-corrected chi connectivity index (χ1v) is 9.30. The number of ether oxygens (including phenoxy) is 1. The van der Waals surface area contributed by atoms with Crippen LogP contribution in [0.25, 0.3) is 11.0 Å². The molecule has 0 bridgehead atoms. The number of para-hydroxylation sites is 1. The lowest BCUT2D eigenvalue weighted by atomic mass is 10.1. The fraction of sp³-hybridized carbons (Fsp3) is 0.550. The van der Waals surface area contributed by atoms with Crippen LogP contribution < -0.4 is 0 Å². The quantitative estimate of drug-likeness (QED) is 0.836. The maximum absolute atomic E-state index is 13.3. The fourth-order valence-electron chi connectivity index (χ4n) is 4.25. The first-order chi connectivity index (χ1) is 12.3. The molecule has 5 heteroatoms. The molecule has 0 unspecified atom stereocenters. The number of hydrogen-bond donors (Lipinski definition) is 0. The highest BCUT2D eigenvalue weighted by molar-refractivity contribution is 5.99. The molecule has 1 amide bonds. The molecule has 5 nitrogen and oxygen atoms in total. The first kappa shape index (κ1) is 16.6. The highest BCUT2D eigenvalue weighted by atomic mass is 16.5. The Morgan fingerprint density at radius 2 is 2.00 bits per heavy atom. The average molecular weight is 342 g/mol. The molecular formula is C20H26N2O3. The second-order valence-electron chi connectivity index (χ2n) is 7.14. The van der Waals surface area contributed by atoms with E-state index >= 15 is 0 Å². The third kappa shape index (κ3) is 3.18. The molecule has 134 valence electrons. The standard InChI is InChI=1S/C20H26N2O3/c1-24-14-17-16-8-2-3-9-18(16)25-19(17)20(23)22-12-6-7-15(22)13-21-10-4-5-11-21/h2-3,8-9,15H,4-7,10-14H2,1H3/t15-/m1/s1. The smallest absolute Gasteiger partial charge is 0.290 e. The predicted molar refractivity (Wildman–Crippen MR) is 96.7 cm³/mol. The predicted octanol–water partition coefficient (Wildman–Crippen LogP) is 3.28. The lowest BCUT2D eigenvalue weighted by Crippen LogP contribution is -2.42. The molecule has 2 aromatic rings. The van der Waals surface area contributed by atoms with Crippen molar-refractivity contribution in [1.29, 1.82) is 0 Å². The number of carbonyl (C=O) groups excluding carboxylic acids is 1. The highest BCUT2D eigenvalue weighted by Crippen LogP contribution is 2.30. The van der Waals surface area contributed by atoms with Gasteiger partial charge in [-0.15, -0.1) is 0 Å². The minimum Gasteiger partial charge on any atom is -0.451 e. The lowest BCUT2D eigenvalue weighted by molar-refractivity contribution is 0.0673. The van der Waals surface area contributed by atoms with Crippen LogP contribution in [0.4, 0.5) is 0 Å². The summed E-state index contributed by atoms with van der Waals surface area (Å²) < 4.78 is 11.3. The number of nitrogens with zero attached hydrogens (tertiary/aromatic N) is 2. The van der Waals surface area contributed by atoms with Crippen LogP contribution in [-0.4, -0.2) is 55.0 Å². The van der Waals surface area contributed by atoms with Gasteiger partial charge in [0.1, 0.15) is 5.58 Å². The first-order valence-electron chi connectivity index (χ1n) is 9.30. The van der Waals surface area contributed by atoms with Gasteiger partial charge in [0, 0.05) is 37.2 Å². The number of amides is 1. The summed E-state index contributed by atoms with van der Waals surface area (Å²) in [6.07, 6.45) is 4.72. The van der Waals surface area contributed by atoms with Crippen LogP contribution in [0, 0.1) is 0 Å². The Bertz CT molecular complexity index is 748. The Balaban J connectivity index is 1.60. The lowest BCUT2D eigenvalue weighted by Gasteiger charge is -2.28. The van der Waals surface area contributed by atoms with Gasteiger partial charge in [-0.05, 0) is 44.8 Å². The van der Waals surface area contributed by atoms with Gasteiger partial charge in [-0.1, -0.05) is 18.2 Å². The zero-order chi connectivity index (χ0) is 17.2. The topological polar surface area (TPSA) is 45.9 Å². The van der Waals surface area contributed by atoms with Crippen LogP contribution in [0.1, 0.15) is 41.8 Å². The van der Waals surface area contributed by atoms with E-state index in [2.05, 4.69) is 4.90 Å². The molecule has 3 heterocycles. The minimum atomic E-state index is 0.0185. The molecule has 0 saturated carbocycles. The molecule has 4 rings (SSSR count). The van der Waals surface area contributed by atoms with Crippen molar-refractivity contribution in [3.05, 3.63) is 35.6 Å². The van der Waals surface area contributed by atoms with E-state index in [0.29, 0.717) is 18.4 Å². The summed E-state index contributed by atoms with van der Waals surface area (Å²) in [5, 5.41) is 0.975. The van der Waals surface area contributed by atoms with Gasteiger partial charge in [0.15, 0.2) is 5.76 Å². The van der Waals surface area contributed by atoms with Gasteiger partial charge in [0.05, 0.1) is 6.61 Å². The summed E-state index contributed by atoms with van der Waals surface area (Å²) in [5.41, 5.74) is 1.63. The number of hydrogen-bond acceptors (Lipinski definition) is 4. The summed E-state index contributed by atoms with van der Waals surface area (Å²) in [6.45, 7) is 4.53. The number of methoxy groups -OCH3 is 1. The van der Waals surface area contributed by atoms with E-state index in [4.69, 9.17) is 9.15 Å². The van der Waals surface area contributed by atoms with Gasteiger partial charge >= 0.3 is 0 Å². The number of furan rings is 1. The van der Waals surface area contributed by atoms with Gasteiger partial charge in [-0.25, -0.2) is 0 Å². The van der Waals surface area contributed by atoms with Crippen molar-refractivity contribution < 1.29 is 13.9 Å². The normalized spacial score (nSPS) is 21.5. The second-order valence-corrected chi connectivity index (χ2v) is 7.14. The largest absolute Gasteiger partial charge is 0.451 e. The molecule has 2 aliphatic heterocycles. The van der Waals surface area contributed by atoms with Gasteiger partial charge in [0.25, 0.3) is 5.91 Å². The van der Waals surface area contributed by atoms with Crippen molar-refractivity contribution in [3.8, 4) is 0 Å². The molecule has 1 atom stereocenters. The molecule has 0 aliphatic carbocycles. The Morgan fingerprint density at radius 1 is 1.20 bits per heavy atom.